The smallest absolute Gasteiger partial charge is 0.338 e. The lowest BCUT2D eigenvalue weighted by atomic mass is 9.87. The summed E-state index contributed by atoms with van der Waals surface area (Å²) in [6.45, 7) is 0.443. The molecule has 0 atom stereocenters. The van der Waals surface area contributed by atoms with Gasteiger partial charge in [0.2, 0.25) is 0 Å². The molecule has 0 spiro atoms. The van der Waals surface area contributed by atoms with Crippen molar-refractivity contribution in [3.8, 4) is 11.5 Å². The molecule has 1 saturated carbocycles. The molecule has 3 rings (SSSR count). The average molecular weight is 382 g/mol. The first-order valence-electron chi connectivity index (χ1n) is 9.86. The quantitative estimate of drug-likeness (QED) is 0.373. The maximum Gasteiger partial charge on any atom is 0.338 e. The van der Waals surface area contributed by atoms with Crippen molar-refractivity contribution >= 4 is 11.9 Å². The van der Waals surface area contributed by atoms with Gasteiger partial charge in [-0.05, 0) is 55.2 Å². The summed E-state index contributed by atoms with van der Waals surface area (Å²) in [6, 6.07) is 15.8. The molecule has 0 radical (unpaired) electrons. The van der Waals surface area contributed by atoms with E-state index in [0.29, 0.717) is 23.7 Å². The highest BCUT2D eigenvalue weighted by Gasteiger charge is 2.18. The SMILES string of the molecule is O=C(CC1CCCCC1)Oc1ccc(C(=O)OCCOc2ccccc2)cc1. The molecule has 0 saturated heterocycles. The molecule has 0 aliphatic heterocycles. The Labute approximate surface area is 165 Å². The number of para-hydroxylation sites is 1. The molecule has 0 bridgehead atoms. The zero-order valence-corrected chi connectivity index (χ0v) is 16.0. The van der Waals surface area contributed by atoms with Crippen LogP contribution in [0.25, 0.3) is 0 Å². The van der Waals surface area contributed by atoms with Crippen molar-refractivity contribution in [2.45, 2.75) is 38.5 Å². The van der Waals surface area contributed by atoms with Crippen molar-refractivity contribution in [1.82, 2.24) is 0 Å². The third-order valence-electron chi connectivity index (χ3n) is 4.83. The van der Waals surface area contributed by atoms with E-state index in [0.717, 1.165) is 18.6 Å². The fourth-order valence-corrected chi connectivity index (χ4v) is 3.35. The lowest BCUT2D eigenvalue weighted by Gasteiger charge is -2.20. The van der Waals surface area contributed by atoms with E-state index in [4.69, 9.17) is 14.2 Å². The molecule has 28 heavy (non-hydrogen) atoms. The second-order valence-corrected chi connectivity index (χ2v) is 7.00. The molecule has 5 nitrogen and oxygen atoms in total. The van der Waals surface area contributed by atoms with Gasteiger partial charge in [0.25, 0.3) is 0 Å². The van der Waals surface area contributed by atoms with Gasteiger partial charge in [-0.15, -0.1) is 0 Å². The molecule has 2 aromatic rings. The highest BCUT2D eigenvalue weighted by Crippen LogP contribution is 2.27. The Kier molecular flexibility index (Phi) is 7.47. The van der Waals surface area contributed by atoms with Crippen LogP contribution in [0, 0.1) is 5.92 Å². The summed E-state index contributed by atoms with van der Waals surface area (Å²) >= 11 is 0. The minimum Gasteiger partial charge on any atom is -0.490 e. The minimum atomic E-state index is -0.434. The number of esters is 2. The van der Waals surface area contributed by atoms with Gasteiger partial charge in [-0.1, -0.05) is 37.5 Å². The first kappa shape index (κ1) is 19.9. The van der Waals surface area contributed by atoms with Crippen molar-refractivity contribution in [2.24, 2.45) is 5.92 Å². The lowest BCUT2D eigenvalue weighted by molar-refractivity contribution is -0.135. The number of carbonyl (C=O) groups is 2. The van der Waals surface area contributed by atoms with Crippen molar-refractivity contribution < 1.29 is 23.8 Å². The first-order chi connectivity index (χ1) is 13.7. The number of hydrogen-bond donors (Lipinski definition) is 0. The fraction of sp³-hybridized carbons (Fsp3) is 0.391. The van der Waals surface area contributed by atoms with Crippen LogP contribution in [-0.4, -0.2) is 25.2 Å². The summed E-state index contributed by atoms with van der Waals surface area (Å²) < 4.78 is 16.1. The predicted molar refractivity (Wildman–Crippen MR) is 105 cm³/mol. The van der Waals surface area contributed by atoms with Gasteiger partial charge < -0.3 is 14.2 Å². The molecule has 0 amide bonds. The predicted octanol–water partition coefficient (Wildman–Crippen LogP) is 4.80. The third kappa shape index (κ3) is 6.41. The van der Waals surface area contributed by atoms with Crippen LogP contribution in [0.15, 0.2) is 54.6 Å². The van der Waals surface area contributed by atoms with Gasteiger partial charge in [-0.25, -0.2) is 4.79 Å². The zero-order valence-electron chi connectivity index (χ0n) is 16.0. The third-order valence-corrected chi connectivity index (χ3v) is 4.83. The molecular weight excluding hydrogens is 356 g/mol. The first-order valence-corrected chi connectivity index (χ1v) is 9.86. The average Bonchev–Trinajstić information content (AvgIpc) is 2.73. The van der Waals surface area contributed by atoms with Crippen LogP contribution in [0.1, 0.15) is 48.9 Å². The summed E-state index contributed by atoms with van der Waals surface area (Å²) in [6.07, 6.45) is 6.34. The molecule has 0 heterocycles. The van der Waals surface area contributed by atoms with Crippen molar-refractivity contribution in [3.63, 3.8) is 0 Å². The van der Waals surface area contributed by atoms with Crippen molar-refractivity contribution in [2.75, 3.05) is 13.2 Å². The molecule has 0 unspecified atom stereocenters. The second kappa shape index (κ2) is 10.5. The van der Waals surface area contributed by atoms with Gasteiger partial charge in [0, 0.05) is 6.42 Å². The maximum atomic E-state index is 12.1. The molecule has 0 aromatic heterocycles. The van der Waals surface area contributed by atoms with E-state index in [1.165, 1.54) is 19.3 Å². The van der Waals surface area contributed by atoms with E-state index in [-0.39, 0.29) is 19.2 Å². The summed E-state index contributed by atoms with van der Waals surface area (Å²) in [5.41, 5.74) is 0.409. The van der Waals surface area contributed by atoms with Crippen LogP contribution < -0.4 is 9.47 Å². The molecular formula is C23H26O5. The Morgan fingerprint density at radius 3 is 2.25 bits per heavy atom. The van der Waals surface area contributed by atoms with E-state index >= 15 is 0 Å². The minimum absolute atomic E-state index is 0.159. The molecule has 0 N–H and O–H groups in total. The van der Waals surface area contributed by atoms with Crippen LogP contribution in [-0.2, 0) is 9.53 Å². The van der Waals surface area contributed by atoms with Crippen molar-refractivity contribution in [1.29, 1.82) is 0 Å². The second-order valence-electron chi connectivity index (χ2n) is 7.00. The molecule has 2 aromatic carbocycles. The summed E-state index contributed by atoms with van der Waals surface area (Å²) in [7, 11) is 0. The summed E-state index contributed by atoms with van der Waals surface area (Å²) in [4.78, 5) is 24.1. The molecule has 148 valence electrons. The normalized spacial score (nSPS) is 14.3. The number of ether oxygens (including phenoxy) is 3. The molecule has 5 heteroatoms. The monoisotopic (exact) mass is 382 g/mol. The number of rotatable bonds is 8. The number of benzene rings is 2. The number of carbonyl (C=O) groups excluding carboxylic acids is 2. The Morgan fingerprint density at radius 2 is 1.54 bits per heavy atom. The van der Waals surface area contributed by atoms with E-state index in [1.54, 1.807) is 24.3 Å². The van der Waals surface area contributed by atoms with E-state index < -0.39 is 5.97 Å². The van der Waals surface area contributed by atoms with E-state index in [1.807, 2.05) is 30.3 Å². The van der Waals surface area contributed by atoms with Crippen molar-refractivity contribution in [3.05, 3.63) is 60.2 Å². The summed E-state index contributed by atoms with van der Waals surface area (Å²) in [5.74, 6) is 0.980. The maximum absolute atomic E-state index is 12.1. The number of hydrogen-bond acceptors (Lipinski definition) is 5. The molecule has 1 fully saturated rings. The lowest BCUT2D eigenvalue weighted by Crippen LogP contribution is -2.16. The molecule has 1 aliphatic rings. The van der Waals surface area contributed by atoms with Crippen LogP contribution in [0.3, 0.4) is 0 Å². The zero-order chi connectivity index (χ0) is 19.6. The van der Waals surface area contributed by atoms with Gasteiger partial charge >= 0.3 is 11.9 Å². The Bertz CT molecular complexity index is 748. The fourth-order valence-electron chi connectivity index (χ4n) is 3.35. The highest BCUT2D eigenvalue weighted by molar-refractivity contribution is 5.89. The molecule has 1 aliphatic carbocycles. The highest BCUT2D eigenvalue weighted by atomic mass is 16.6. The van der Waals surface area contributed by atoms with Gasteiger partial charge in [0.1, 0.15) is 24.7 Å². The van der Waals surface area contributed by atoms with E-state index in [9.17, 15) is 9.59 Å². The Morgan fingerprint density at radius 1 is 0.821 bits per heavy atom. The van der Waals surface area contributed by atoms with Crippen LogP contribution in [0.2, 0.25) is 0 Å². The largest absolute Gasteiger partial charge is 0.490 e. The topological polar surface area (TPSA) is 61.8 Å². The standard InChI is InChI=1S/C23H26O5/c24-22(17-18-7-3-1-4-8-18)28-21-13-11-19(12-14-21)23(25)27-16-15-26-20-9-5-2-6-10-20/h2,5-6,9-14,18H,1,3-4,7-8,15-17H2. The summed E-state index contributed by atoms with van der Waals surface area (Å²) in [5, 5.41) is 0. The van der Waals surface area contributed by atoms with Gasteiger partial charge in [0.15, 0.2) is 0 Å². The van der Waals surface area contributed by atoms with Gasteiger partial charge in [-0.3, -0.25) is 4.79 Å². The van der Waals surface area contributed by atoms with Crippen LogP contribution >= 0.6 is 0 Å². The Balaban J connectivity index is 1.39. The van der Waals surface area contributed by atoms with E-state index in [2.05, 4.69) is 0 Å². The van der Waals surface area contributed by atoms with Gasteiger partial charge in [0.05, 0.1) is 5.56 Å². The van der Waals surface area contributed by atoms with Crippen LogP contribution in [0.4, 0.5) is 0 Å². The Hall–Kier alpha value is -2.82. The van der Waals surface area contributed by atoms with Gasteiger partial charge in [-0.2, -0.15) is 0 Å². The van der Waals surface area contributed by atoms with Crippen LogP contribution in [0.5, 0.6) is 11.5 Å².